The van der Waals surface area contributed by atoms with E-state index in [0.29, 0.717) is 16.5 Å². The first kappa shape index (κ1) is 15.2. The number of hydrogen-bond donors (Lipinski definition) is 1. The molecule has 106 valence electrons. The second kappa shape index (κ2) is 7.02. The van der Waals surface area contributed by atoms with Crippen LogP contribution in [0.2, 0.25) is 5.02 Å². The lowest BCUT2D eigenvalue weighted by Gasteiger charge is -2.13. The minimum absolute atomic E-state index is 0.549. The van der Waals surface area contributed by atoms with Crippen molar-refractivity contribution in [3.8, 4) is 5.75 Å². The van der Waals surface area contributed by atoms with Crippen molar-refractivity contribution >= 4 is 23.4 Å². The summed E-state index contributed by atoms with van der Waals surface area (Å²) in [6.07, 6.45) is -0.549. The van der Waals surface area contributed by atoms with Gasteiger partial charge in [-0.3, -0.25) is 0 Å². The Balaban J connectivity index is 2.03. The second-order valence-electron chi connectivity index (χ2n) is 4.54. The largest absolute Gasteiger partial charge is 0.495 e. The minimum atomic E-state index is -0.549. The standard InChI is InChI=1S/C16H17ClO2S/c1-11-4-3-5-13(8-11)20-10-15(18)12-6-7-14(17)16(9-12)19-2/h3-9,15,18H,10H2,1-2H3. The Bertz CT molecular complexity index is 586. The van der Waals surface area contributed by atoms with Crippen molar-refractivity contribution in [2.24, 2.45) is 0 Å². The van der Waals surface area contributed by atoms with Gasteiger partial charge in [-0.25, -0.2) is 0 Å². The normalized spacial score (nSPS) is 12.2. The zero-order valence-corrected chi connectivity index (χ0v) is 13.0. The maximum absolute atomic E-state index is 10.2. The van der Waals surface area contributed by atoms with Gasteiger partial charge >= 0.3 is 0 Å². The molecular weight excluding hydrogens is 292 g/mol. The van der Waals surface area contributed by atoms with Gasteiger partial charge in [-0.1, -0.05) is 35.4 Å². The number of methoxy groups -OCH3 is 1. The summed E-state index contributed by atoms with van der Waals surface area (Å²) >= 11 is 7.61. The highest BCUT2D eigenvalue weighted by Gasteiger charge is 2.11. The summed E-state index contributed by atoms with van der Waals surface area (Å²) < 4.78 is 5.16. The number of halogens is 1. The summed E-state index contributed by atoms with van der Waals surface area (Å²) in [5, 5.41) is 10.8. The molecule has 2 rings (SSSR count). The van der Waals surface area contributed by atoms with Crippen LogP contribution in [0.3, 0.4) is 0 Å². The van der Waals surface area contributed by atoms with Crippen LogP contribution in [0.25, 0.3) is 0 Å². The van der Waals surface area contributed by atoms with E-state index in [2.05, 4.69) is 19.1 Å². The number of aliphatic hydroxyl groups is 1. The molecule has 0 aliphatic carbocycles. The molecule has 0 fully saturated rings. The van der Waals surface area contributed by atoms with E-state index in [0.717, 1.165) is 10.5 Å². The molecule has 0 heterocycles. The lowest BCUT2D eigenvalue weighted by atomic mass is 10.1. The Morgan fingerprint density at radius 1 is 1.25 bits per heavy atom. The van der Waals surface area contributed by atoms with Crippen LogP contribution in [0.1, 0.15) is 17.2 Å². The molecule has 4 heteroatoms. The summed E-state index contributed by atoms with van der Waals surface area (Å²) in [6, 6.07) is 13.6. The van der Waals surface area contributed by atoms with E-state index in [4.69, 9.17) is 16.3 Å². The Kier molecular flexibility index (Phi) is 5.35. The number of ether oxygens (including phenoxy) is 1. The highest BCUT2D eigenvalue weighted by molar-refractivity contribution is 7.99. The Morgan fingerprint density at radius 2 is 2.05 bits per heavy atom. The topological polar surface area (TPSA) is 29.5 Å². The molecule has 1 N–H and O–H groups in total. The fourth-order valence-electron chi connectivity index (χ4n) is 1.86. The van der Waals surface area contributed by atoms with Crippen molar-refractivity contribution < 1.29 is 9.84 Å². The van der Waals surface area contributed by atoms with Crippen molar-refractivity contribution in [3.63, 3.8) is 0 Å². The fourth-order valence-corrected chi connectivity index (χ4v) is 3.04. The van der Waals surface area contributed by atoms with Gasteiger partial charge in [0, 0.05) is 10.6 Å². The minimum Gasteiger partial charge on any atom is -0.495 e. The van der Waals surface area contributed by atoms with Gasteiger partial charge < -0.3 is 9.84 Å². The molecule has 0 amide bonds. The molecule has 0 aliphatic rings. The lowest BCUT2D eigenvalue weighted by molar-refractivity contribution is 0.203. The molecule has 1 atom stereocenters. The molecule has 20 heavy (non-hydrogen) atoms. The molecule has 0 radical (unpaired) electrons. The number of aliphatic hydroxyl groups excluding tert-OH is 1. The van der Waals surface area contributed by atoms with E-state index < -0.39 is 6.10 Å². The third kappa shape index (κ3) is 3.92. The molecule has 1 unspecified atom stereocenters. The summed E-state index contributed by atoms with van der Waals surface area (Å²) in [4.78, 5) is 1.16. The van der Waals surface area contributed by atoms with Crippen LogP contribution in [-0.4, -0.2) is 18.0 Å². The van der Waals surface area contributed by atoms with E-state index in [1.54, 1.807) is 31.0 Å². The molecule has 0 saturated heterocycles. The maximum atomic E-state index is 10.2. The zero-order valence-electron chi connectivity index (χ0n) is 11.5. The first-order chi connectivity index (χ1) is 9.60. The van der Waals surface area contributed by atoms with Crippen molar-refractivity contribution in [2.45, 2.75) is 17.9 Å². The van der Waals surface area contributed by atoms with Crippen molar-refractivity contribution in [1.29, 1.82) is 0 Å². The first-order valence-corrected chi connectivity index (χ1v) is 7.67. The molecule has 0 aliphatic heterocycles. The van der Waals surface area contributed by atoms with Gasteiger partial charge in [0.1, 0.15) is 5.75 Å². The Labute approximate surface area is 128 Å². The SMILES string of the molecule is COc1cc(C(O)CSc2cccc(C)c2)ccc1Cl. The molecule has 0 aromatic heterocycles. The molecule has 2 aromatic rings. The molecule has 0 bridgehead atoms. The van der Waals surface area contributed by atoms with Gasteiger partial charge in [-0.05, 0) is 36.8 Å². The number of rotatable bonds is 5. The molecular formula is C16H17ClO2S. The first-order valence-electron chi connectivity index (χ1n) is 6.31. The predicted molar refractivity (Wildman–Crippen MR) is 84.9 cm³/mol. The van der Waals surface area contributed by atoms with Crippen LogP contribution in [-0.2, 0) is 0 Å². The molecule has 2 nitrogen and oxygen atoms in total. The van der Waals surface area contributed by atoms with E-state index >= 15 is 0 Å². The molecule has 2 aromatic carbocycles. The van der Waals surface area contributed by atoms with E-state index in [9.17, 15) is 5.11 Å². The van der Waals surface area contributed by atoms with Crippen LogP contribution in [0.4, 0.5) is 0 Å². The average molecular weight is 309 g/mol. The number of benzene rings is 2. The van der Waals surface area contributed by atoms with Crippen LogP contribution in [0, 0.1) is 6.92 Å². The van der Waals surface area contributed by atoms with Crippen LogP contribution in [0.15, 0.2) is 47.4 Å². The third-order valence-electron chi connectivity index (χ3n) is 2.96. The van der Waals surface area contributed by atoms with Crippen LogP contribution >= 0.6 is 23.4 Å². The monoisotopic (exact) mass is 308 g/mol. The number of aryl methyl sites for hydroxylation is 1. The smallest absolute Gasteiger partial charge is 0.137 e. The third-order valence-corrected chi connectivity index (χ3v) is 4.34. The van der Waals surface area contributed by atoms with Crippen molar-refractivity contribution in [3.05, 3.63) is 58.6 Å². The summed E-state index contributed by atoms with van der Waals surface area (Å²) in [6.45, 7) is 2.06. The van der Waals surface area contributed by atoms with Gasteiger partial charge in [-0.2, -0.15) is 0 Å². The van der Waals surface area contributed by atoms with E-state index in [1.807, 2.05) is 18.2 Å². The van der Waals surface area contributed by atoms with Crippen molar-refractivity contribution in [2.75, 3.05) is 12.9 Å². The second-order valence-corrected chi connectivity index (χ2v) is 6.04. The fraction of sp³-hybridized carbons (Fsp3) is 0.250. The van der Waals surface area contributed by atoms with Crippen molar-refractivity contribution in [1.82, 2.24) is 0 Å². The molecule has 0 spiro atoms. The summed E-state index contributed by atoms with van der Waals surface area (Å²) in [7, 11) is 1.57. The lowest BCUT2D eigenvalue weighted by Crippen LogP contribution is -2.01. The maximum Gasteiger partial charge on any atom is 0.137 e. The predicted octanol–water partition coefficient (Wildman–Crippen LogP) is 4.48. The average Bonchev–Trinajstić information content (AvgIpc) is 2.45. The van der Waals surface area contributed by atoms with Gasteiger partial charge in [0.25, 0.3) is 0 Å². The van der Waals surface area contributed by atoms with Gasteiger partial charge in [0.2, 0.25) is 0 Å². The van der Waals surface area contributed by atoms with Crippen LogP contribution in [0.5, 0.6) is 5.75 Å². The zero-order chi connectivity index (χ0) is 14.5. The number of hydrogen-bond acceptors (Lipinski definition) is 3. The quantitative estimate of drug-likeness (QED) is 0.826. The van der Waals surface area contributed by atoms with Gasteiger partial charge in [0.05, 0.1) is 18.2 Å². The Morgan fingerprint density at radius 3 is 2.75 bits per heavy atom. The highest BCUT2D eigenvalue weighted by atomic mass is 35.5. The molecule has 0 saturated carbocycles. The summed E-state index contributed by atoms with van der Waals surface area (Å²) in [5.74, 6) is 1.18. The van der Waals surface area contributed by atoms with Crippen LogP contribution < -0.4 is 4.74 Å². The van der Waals surface area contributed by atoms with E-state index in [1.165, 1.54) is 5.56 Å². The summed E-state index contributed by atoms with van der Waals surface area (Å²) in [5.41, 5.74) is 2.03. The number of thioether (sulfide) groups is 1. The van der Waals surface area contributed by atoms with E-state index in [-0.39, 0.29) is 0 Å². The van der Waals surface area contributed by atoms with Gasteiger partial charge in [-0.15, -0.1) is 11.8 Å². The van der Waals surface area contributed by atoms with Gasteiger partial charge in [0.15, 0.2) is 0 Å². The Hall–Kier alpha value is -1.16. The highest BCUT2D eigenvalue weighted by Crippen LogP contribution is 2.30.